The SMILES string of the molecule is CCCNCc1ccc(SC(C)(C)C)c(Br)c1. The minimum atomic E-state index is 0.254. The highest BCUT2D eigenvalue weighted by Gasteiger charge is 2.14. The predicted octanol–water partition coefficient (Wildman–Crippen LogP) is 4.84. The van der Waals surface area contributed by atoms with Gasteiger partial charge in [-0.3, -0.25) is 0 Å². The summed E-state index contributed by atoms with van der Waals surface area (Å²) in [6, 6.07) is 6.64. The Hall–Kier alpha value is 0.01000. The van der Waals surface area contributed by atoms with Gasteiger partial charge in [-0.25, -0.2) is 0 Å². The lowest BCUT2D eigenvalue weighted by atomic mass is 10.2. The third kappa shape index (κ3) is 5.94. The molecule has 1 rings (SSSR count). The highest BCUT2D eigenvalue weighted by atomic mass is 79.9. The molecule has 17 heavy (non-hydrogen) atoms. The fourth-order valence-electron chi connectivity index (χ4n) is 1.48. The Morgan fingerprint density at radius 2 is 2.00 bits per heavy atom. The lowest BCUT2D eigenvalue weighted by molar-refractivity contribution is 0.675. The molecule has 0 saturated heterocycles. The number of rotatable bonds is 5. The lowest BCUT2D eigenvalue weighted by Crippen LogP contribution is -2.13. The van der Waals surface area contributed by atoms with Crippen LogP contribution in [0.4, 0.5) is 0 Å². The summed E-state index contributed by atoms with van der Waals surface area (Å²) < 4.78 is 1.46. The third-order valence-electron chi connectivity index (χ3n) is 2.17. The molecule has 1 aromatic rings. The summed E-state index contributed by atoms with van der Waals surface area (Å²) >= 11 is 5.56. The van der Waals surface area contributed by atoms with Crippen molar-refractivity contribution in [3.8, 4) is 0 Å². The quantitative estimate of drug-likeness (QED) is 0.616. The van der Waals surface area contributed by atoms with E-state index in [0.717, 1.165) is 13.1 Å². The average molecular weight is 316 g/mol. The van der Waals surface area contributed by atoms with E-state index in [4.69, 9.17) is 0 Å². The van der Waals surface area contributed by atoms with Crippen LogP contribution in [-0.4, -0.2) is 11.3 Å². The first-order chi connectivity index (χ1) is 7.92. The Kier molecular flexibility index (Phi) is 6.04. The Labute approximate surface area is 118 Å². The van der Waals surface area contributed by atoms with Gasteiger partial charge in [0.15, 0.2) is 0 Å². The monoisotopic (exact) mass is 315 g/mol. The van der Waals surface area contributed by atoms with Crippen LogP contribution in [0, 0.1) is 0 Å². The van der Waals surface area contributed by atoms with Crippen LogP contribution < -0.4 is 5.32 Å². The summed E-state index contributed by atoms with van der Waals surface area (Å²) in [6.45, 7) is 10.9. The minimum absolute atomic E-state index is 0.254. The molecule has 1 N–H and O–H groups in total. The number of benzene rings is 1. The molecule has 3 heteroatoms. The van der Waals surface area contributed by atoms with E-state index in [-0.39, 0.29) is 4.75 Å². The van der Waals surface area contributed by atoms with Gasteiger partial charge in [0.1, 0.15) is 0 Å². The van der Waals surface area contributed by atoms with E-state index in [2.05, 4.69) is 67.1 Å². The molecule has 0 amide bonds. The lowest BCUT2D eigenvalue weighted by Gasteiger charge is -2.19. The zero-order valence-electron chi connectivity index (χ0n) is 11.1. The van der Waals surface area contributed by atoms with Crippen molar-refractivity contribution < 1.29 is 0 Å². The van der Waals surface area contributed by atoms with Gasteiger partial charge in [-0.15, -0.1) is 11.8 Å². The van der Waals surface area contributed by atoms with E-state index >= 15 is 0 Å². The fourth-order valence-corrected chi connectivity index (χ4v) is 3.10. The van der Waals surface area contributed by atoms with E-state index in [9.17, 15) is 0 Å². The second kappa shape index (κ2) is 6.81. The first-order valence-electron chi connectivity index (χ1n) is 6.10. The van der Waals surface area contributed by atoms with Gasteiger partial charge in [0.2, 0.25) is 0 Å². The molecule has 1 aromatic carbocycles. The summed E-state index contributed by atoms with van der Waals surface area (Å²) in [7, 11) is 0. The molecule has 1 nitrogen and oxygen atoms in total. The first-order valence-corrected chi connectivity index (χ1v) is 7.71. The molecular formula is C14H22BrNS. The molecule has 0 fully saturated rings. The van der Waals surface area contributed by atoms with Crippen molar-refractivity contribution >= 4 is 27.7 Å². The van der Waals surface area contributed by atoms with E-state index in [1.165, 1.54) is 21.4 Å². The number of halogens is 1. The van der Waals surface area contributed by atoms with Gasteiger partial charge >= 0.3 is 0 Å². The maximum Gasteiger partial charge on any atom is 0.0314 e. The average Bonchev–Trinajstić information content (AvgIpc) is 2.21. The van der Waals surface area contributed by atoms with Gasteiger partial charge in [-0.05, 0) is 46.6 Å². The fraction of sp³-hybridized carbons (Fsp3) is 0.571. The smallest absolute Gasteiger partial charge is 0.0314 e. The van der Waals surface area contributed by atoms with Crippen molar-refractivity contribution in [3.63, 3.8) is 0 Å². The molecule has 0 aliphatic carbocycles. The zero-order valence-corrected chi connectivity index (χ0v) is 13.5. The van der Waals surface area contributed by atoms with E-state index < -0.39 is 0 Å². The molecule has 0 radical (unpaired) electrons. The highest BCUT2D eigenvalue weighted by molar-refractivity contribution is 9.10. The topological polar surface area (TPSA) is 12.0 Å². The van der Waals surface area contributed by atoms with E-state index in [0.29, 0.717) is 0 Å². The van der Waals surface area contributed by atoms with Crippen LogP contribution in [0.25, 0.3) is 0 Å². The maximum absolute atomic E-state index is 3.66. The van der Waals surface area contributed by atoms with Crippen LogP contribution in [0.3, 0.4) is 0 Å². The summed E-state index contributed by atoms with van der Waals surface area (Å²) in [5, 5.41) is 3.42. The molecule has 0 aromatic heterocycles. The standard InChI is InChI=1S/C14H22BrNS/c1-5-8-16-10-11-6-7-13(12(15)9-11)17-14(2,3)4/h6-7,9,16H,5,8,10H2,1-4H3. The maximum atomic E-state index is 3.66. The molecule has 96 valence electrons. The van der Waals surface area contributed by atoms with E-state index in [1.807, 2.05) is 11.8 Å². The van der Waals surface area contributed by atoms with Crippen molar-refractivity contribution in [3.05, 3.63) is 28.2 Å². The van der Waals surface area contributed by atoms with Gasteiger partial charge in [-0.2, -0.15) is 0 Å². The molecule has 0 heterocycles. The van der Waals surface area contributed by atoms with Crippen molar-refractivity contribution in [1.82, 2.24) is 5.32 Å². The van der Waals surface area contributed by atoms with Gasteiger partial charge < -0.3 is 5.32 Å². The molecule has 0 aliphatic rings. The number of hydrogen-bond acceptors (Lipinski definition) is 2. The Morgan fingerprint density at radius 3 is 2.53 bits per heavy atom. The van der Waals surface area contributed by atoms with Crippen molar-refractivity contribution in [2.75, 3.05) is 6.54 Å². The van der Waals surface area contributed by atoms with Crippen LogP contribution >= 0.6 is 27.7 Å². The Bertz CT molecular complexity index is 358. The van der Waals surface area contributed by atoms with Gasteiger partial charge in [-0.1, -0.05) is 33.8 Å². The molecule has 0 bridgehead atoms. The molecule has 0 atom stereocenters. The molecular weight excluding hydrogens is 294 g/mol. The van der Waals surface area contributed by atoms with E-state index in [1.54, 1.807) is 0 Å². The first kappa shape index (κ1) is 15.1. The summed E-state index contributed by atoms with van der Waals surface area (Å²) in [6.07, 6.45) is 1.18. The number of thioether (sulfide) groups is 1. The summed E-state index contributed by atoms with van der Waals surface area (Å²) in [5.74, 6) is 0. The van der Waals surface area contributed by atoms with Crippen LogP contribution in [0.1, 0.15) is 39.7 Å². The summed E-state index contributed by atoms with van der Waals surface area (Å²) in [4.78, 5) is 1.32. The van der Waals surface area contributed by atoms with Crippen LogP contribution in [0.5, 0.6) is 0 Å². The number of nitrogens with one attached hydrogen (secondary N) is 1. The molecule has 0 unspecified atom stereocenters. The third-order valence-corrected chi connectivity index (χ3v) is 4.28. The highest BCUT2D eigenvalue weighted by Crippen LogP contribution is 2.36. The van der Waals surface area contributed by atoms with Gasteiger partial charge in [0.05, 0.1) is 0 Å². The van der Waals surface area contributed by atoms with Crippen molar-refractivity contribution in [1.29, 1.82) is 0 Å². The largest absolute Gasteiger partial charge is 0.313 e. The Balaban J connectivity index is 2.66. The van der Waals surface area contributed by atoms with Crippen LogP contribution in [0.2, 0.25) is 0 Å². The molecule has 0 saturated carbocycles. The summed E-state index contributed by atoms with van der Waals surface area (Å²) in [5.41, 5.74) is 1.34. The van der Waals surface area contributed by atoms with Gasteiger partial charge in [0, 0.05) is 20.7 Å². The molecule has 0 spiro atoms. The molecule has 0 aliphatic heterocycles. The second-order valence-electron chi connectivity index (χ2n) is 5.16. The van der Waals surface area contributed by atoms with Crippen molar-refractivity contribution in [2.45, 2.75) is 50.3 Å². The van der Waals surface area contributed by atoms with Crippen LogP contribution in [0.15, 0.2) is 27.6 Å². The second-order valence-corrected chi connectivity index (χ2v) is 7.88. The van der Waals surface area contributed by atoms with Crippen LogP contribution in [-0.2, 0) is 6.54 Å². The minimum Gasteiger partial charge on any atom is -0.313 e. The van der Waals surface area contributed by atoms with Crippen molar-refractivity contribution in [2.24, 2.45) is 0 Å². The van der Waals surface area contributed by atoms with Gasteiger partial charge in [0.25, 0.3) is 0 Å². The number of hydrogen-bond donors (Lipinski definition) is 1. The predicted molar refractivity (Wildman–Crippen MR) is 81.7 cm³/mol. The Morgan fingerprint density at radius 1 is 1.29 bits per heavy atom. The normalized spacial score (nSPS) is 11.8. The zero-order chi connectivity index (χ0) is 12.9.